The minimum atomic E-state index is 0.0116. The van der Waals surface area contributed by atoms with Gasteiger partial charge in [-0.1, -0.05) is 213 Å². The van der Waals surface area contributed by atoms with Crippen molar-refractivity contribution in [3.63, 3.8) is 0 Å². The van der Waals surface area contributed by atoms with Crippen LogP contribution in [0.5, 0.6) is 11.5 Å². The standard InChI is InChI=1S/C88H164N6O2/c1-17-29-53-91(54-30-18-2,55-31-19-3)65-43-47-77(48-44-66-92(56-32-20-4,57-33-21-5)58-34-22-6)79-69-81(87(95)83(71-79)75(13)14)73-89-85-51-41-42-52-86(85)90-74-82-70-80(72-84(76(15)16)88(82)96)78(49-45-67-93(59-35-23-7,60-36-24-8)61-37-25-9)50-46-68-94(62-38-26-10,63-39-27-11)64-40-28-12/h69-78,85-86H,17-68H2,1-16H3/q+2/p+2/t85-,86-/m0/s1. The van der Waals surface area contributed by atoms with Gasteiger partial charge in [-0.2, -0.15) is 0 Å². The number of unbranched alkanes of at least 4 members (excludes halogenated alkanes) is 12. The second kappa shape index (κ2) is 50.5. The molecular weight excluding hydrogens is 1170 g/mol. The van der Waals surface area contributed by atoms with E-state index in [1.165, 1.54) is 339 Å². The van der Waals surface area contributed by atoms with Crippen molar-refractivity contribution in [1.29, 1.82) is 0 Å². The molecule has 0 saturated heterocycles. The van der Waals surface area contributed by atoms with E-state index in [9.17, 15) is 10.2 Å². The first-order valence-corrected chi connectivity index (χ1v) is 42.7. The molecule has 0 aromatic heterocycles. The molecule has 0 bridgehead atoms. The predicted molar refractivity (Wildman–Crippen MR) is 426 cm³/mol. The van der Waals surface area contributed by atoms with E-state index in [2.05, 4.69) is 147 Å². The Balaban J connectivity index is 2.20. The van der Waals surface area contributed by atoms with E-state index in [0.29, 0.717) is 23.3 Å². The Labute approximate surface area is 598 Å². The maximum Gasteiger partial charge on any atom is 0.127 e. The molecule has 2 atom stereocenters. The SMILES string of the molecule is CCCC[N+](CCCC)(CCCC)CCCC(CCC[N+](CCCC)(CCCC)CCCC)c1cc(C=N[C@H]2CCCC[C@@H]2N=Cc2cc(C(CCC[N+](CCCC)(CCCC)CCCC)CCC[N+](CCCC)(CCCC)CCCC)cc(C(C)C)c2O)c(O)c(C(C)C)c1. The number of aromatic hydroxyl groups is 2. The summed E-state index contributed by atoms with van der Waals surface area (Å²) in [7, 11) is 0. The Hall–Kier alpha value is -2.78. The number of benzene rings is 2. The zero-order valence-corrected chi connectivity index (χ0v) is 67.3. The monoisotopic (exact) mass is 1340 g/mol. The lowest BCUT2D eigenvalue weighted by atomic mass is 9.85. The highest BCUT2D eigenvalue weighted by atomic mass is 16.3. The van der Waals surface area contributed by atoms with Crippen molar-refractivity contribution in [1.82, 2.24) is 0 Å². The van der Waals surface area contributed by atoms with E-state index in [1.54, 1.807) is 0 Å². The van der Waals surface area contributed by atoms with Gasteiger partial charge in [0.1, 0.15) is 11.5 Å². The number of nitrogens with zero attached hydrogens (tertiary/aromatic N) is 6. The molecule has 2 aromatic rings. The van der Waals surface area contributed by atoms with E-state index in [0.717, 1.165) is 47.9 Å². The van der Waals surface area contributed by atoms with E-state index in [-0.39, 0.29) is 23.9 Å². The van der Waals surface area contributed by atoms with Crippen molar-refractivity contribution in [2.75, 3.05) is 105 Å². The van der Waals surface area contributed by atoms with Crippen LogP contribution in [0.2, 0.25) is 0 Å². The molecule has 3 rings (SSSR count). The summed E-state index contributed by atoms with van der Waals surface area (Å²) in [5.41, 5.74) is 6.74. The Bertz CT molecular complexity index is 2000. The van der Waals surface area contributed by atoms with Crippen LogP contribution < -0.4 is 0 Å². The molecule has 0 unspecified atom stereocenters. The third-order valence-corrected chi connectivity index (χ3v) is 23.6. The predicted octanol–water partition coefficient (Wildman–Crippen LogP) is 24.4. The van der Waals surface area contributed by atoms with Crippen molar-refractivity contribution < 1.29 is 28.1 Å². The van der Waals surface area contributed by atoms with Crippen LogP contribution in [-0.4, -0.2) is 157 Å². The molecule has 0 radical (unpaired) electrons. The number of phenols is 2. The van der Waals surface area contributed by atoms with Gasteiger partial charge in [0.25, 0.3) is 0 Å². The maximum atomic E-state index is 12.4. The summed E-state index contributed by atoms with van der Waals surface area (Å²) < 4.78 is 5.18. The highest BCUT2D eigenvalue weighted by Crippen LogP contribution is 2.40. The summed E-state index contributed by atoms with van der Waals surface area (Å²) in [4.78, 5) is 11.1. The number of quaternary nitrogens is 4. The minimum Gasteiger partial charge on any atom is -0.507 e. The molecule has 556 valence electrons. The number of hydrogen-bond acceptors (Lipinski definition) is 4. The Kier molecular flexibility index (Phi) is 46.0. The molecule has 1 aliphatic carbocycles. The quantitative estimate of drug-likeness (QED) is 0.0512. The van der Waals surface area contributed by atoms with Crippen LogP contribution in [0.3, 0.4) is 0 Å². The topological polar surface area (TPSA) is 65.2 Å². The van der Waals surface area contributed by atoms with Crippen LogP contribution >= 0.6 is 0 Å². The summed E-state index contributed by atoms with van der Waals surface area (Å²) in [5, 5.41) is 24.8. The van der Waals surface area contributed by atoms with Crippen LogP contribution in [0.15, 0.2) is 34.3 Å². The largest absolute Gasteiger partial charge is 0.507 e. The highest BCUT2D eigenvalue weighted by Gasteiger charge is 2.33. The Morgan fingerprint density at radius 3 is 0.708 bits per heavy atom. The van der Waals surface area contributed by atoms with Crippen LogP contribution in [0, 0.1) is 0 Å². The fourth-order valence-corrected chi connectivity index (χ4v) is 17.0. The second-order valence-corrected chi connectivity index (χ2v) is 32.5. The third-order valence-electron chi connectivity index (χ3n) is 23.6. The van der Waals surface area contributed by atoms with Gasteiger partial charge >= 0.3 is 0 Å². The van der Waals surface area contributed by atoms with Crippen molar-refractivity contribution in [3.8, 4) is 11.5 Å². The van der Waals surface area contributed by atoms with Crippen LogP contribution in [0.1, 0.15) is 399 Å². The molecule has 0 amide bonds. The summed E-state index contributed by atoms with van der Waals surface area (Å²) in [5.74, 6) is 2.07. The summed E-state index contributed by atoms with van der Waals surface area (Å²) in [6, 6.07) is 9.64. The first kappa shape index (κ1) is 87.4. The van der Waals surface area contributed by atoms with Gasteiger partial charge in [-0.3, -0.25) is 9.98 Å². The molecule has 0 spiro atoms. The van der Waals surface area contributed by atoms with Gasteiger partial charge in [-0.25, -0.2) is 0 Å². The van der Waals surface area contributed by atoms with Crippen LogP contribution in [-0.2, 0) is 0 Å². The van der Waals surface area contributed by atoms with Crippen LogP contribution in [0.25, 0.3) is 0 Å². The first-order chi connectivity index (χ1) is 46.5. The van der Waals surface area contributed by atoms with Gasteiger partial charge in [0.05, 0.1) is 117 Å². The molecule has 1 aliphatic rings. The van der Waals surface area contributed by atoms with Gasteiger partial charge in [0.2, 0.25) is 0 Å². The van der Waals surface area contributed by atoms with Gasteiger partial charge < -0.3 is 28.1 Å². The summed E-state index contributed by atoms with van der Waals surface area (Å²) in [6.45, 7) is 58.6. The number of phenolic OH excluding ortho intramolecular Hbond substituents is 2. The van der Waals surface area contributed by atoms with Crippen molar-refractivity contribution >= 4 is 12.4 Å². The van der Waals surface area contributed by atoms with Gasteiger partial charge in [0, 0.05) is 23.6 Å². The van der Waals surface area contributed by atoms with Crippen molar-refractivity contribution in [2.24, 2.45) is 9.98 Å². The van der Waals surface area contributed by atoms with Gasteiger partial charge in [0.15, 0.2) is 0 Å². The van der Waals surface area contributed by atoms with E-state index >= 15 is 0 Å². The third kappa shape index (κ3) is 31.2. The van der Waals surface area contributed by atoms with E-state index in [1.807, 2.05) is 0 Å². The lowest BCUT2D eigenvalue weighted by Crippen LogP contribution is -2.51. The zero-order valence-electron chi connectivity index (χ0n) is 67.3. The minimum absolute atomic E-state index is 0.0116. The van der Waals surface area contributed by atoms with Gasteiger partial charge in [-0.05, 0) is 199 Å². The van der Waals surface area contributed by atoms with Crippen molar-refractivity contribution in [3.05, 3.63) is 57.6 Å². The fourth-order valence-electron chi connectivity index (χ4n) is 17.0. The van der Waals surface area contributed by atoms with Gasteiger partial charge in [-0.15, -0.1) is 0 Å². The molecule has 0 heterocycles. The molecule has 1 fully saturated rings. The Morgan fingerprint density at radius 2 is 0.521 bits per heavy atom. The smallest absolute Gasteiger partial charge is 0.127 e. The maximum absolute atomic E-state index is 12.4. The molecule has 96 heavy (non-hydrogen) atoms. The number of hydrogen-bond donors (Lipinski definition) is 2. The summed E-state index contributed by atoms with van der Waals surface area (Å²) >= 11 is 0. The molecule has 0 aliphatic heterocycles. The number of aliphatic imine (C=N–C) groups is 2. The lowest BCUT2D eigenvalue weighted by Gasteiger charge is -2.40. The average molecular weight is 1340 g/mol. The molecule has 8 nitrogen and oxygen atoms in total. The van der Waals surface area contributed by atoms with E-state index in [4.69, 9.17) is 9.98 Å². The normalized spacial score (nSPS) is 15.4. The number of rotatable bonds is 60. The fraction of sp³-hybridized carbons (Fsp3) is 0.841. The molecule has 2 aromatic carbocycles. The highest BCUT2D eigenvalue weighted by molar-refractivity contribution is 5.86. The summed E-state index contributed by atoms with van der Waals surface area (Å²) in [6.07, 6.45) is 49.2. The first-order valence-electron chi connectivity index (χ1n) is 42.7. The molecule has 8 heteroatoms. The molecule has 1 saturated carbocycles. The average Bonchev–Trinajstić information content (AvgIpc) is 0.819. The van der Waals surface area contributed by atoms with E-state index < -0.39 is 0 Å². The van der Waals surface area contributed by atoms with Crippen molar-refractivity contribution in [2.45, 2.75) is 378 Å². The lowest BCUT2D eigenvalue weighted by molar-refractivity contribution is -0.929. The molecule has 2 N–H and O–H groups in total. The zero-order chi connectivity index (χ0) is 70.5. The van der Waals surface area contributed by atoms with Crippen LogP contribution in [0.4, 0.5) is 0 Å². The second-order valence-electron chi connectivity index (χ2n) is 32.5. The Morgan fingerprint density at radius 1 is 0.323 bits per heavy atom. The molecular formula is C88H166N6O2+4.